The van der Waals surface area contributed by atoms with Crippen molar-refractivity contribution in [2.24, 2.45) is 0 Å². The SMILES string of the molecule is Cc1[nH]c2ccccc2c1CCNC(=O)C(=Cc1ccco1)NC(=O)c1ccc(C(C)(C)C)cc1. The number of benzene rings is 2. The molecule has 0 fully saturated rings. The lowest BCUT2D eigenvalue weighted by Gasteiger charge is -2.19. The second kappa shape index (κ2) is 10.1. The van der Waals surface area contributed by atoms with Crippen molar-refractivity contribution in [1.82, 2.24) is 15.6 Å². The third kappa shape index (κ3) is 5.72. The molecular formula is C29H31N3O3. The first kappa shape index (κ1) is 24.1. The summed E-state index contributed by atoms with van der Waals surface area (Å²) in [6, 6.07) is 19.0. The maximum Gasteiger partial charge on any atom is 0.267 e. The van der Waals surface area contributed by atoms with Crippen molar-refractivity contribution in [1.29, 1.82) is 0 Å². The fourth-order valence-electron chi connectivity index (χ4n) is 4.04. The Labute approximate surface area is 205 Å². The predicted molar refractivity (Wildman–Crippen MR) is 139 cm³/mol. The molecule has 3 N–H and O–H groups in total. The van der Waals surface area contributed by atoms with E-state index in [1.54, 1.807) is 24.3 Å². The Bertz CT molecular complexity index is 1350. The summed E-state index contributed by atoms with van der Waals surface area (Å²) < 4.78 is 5.37. The molecule has 0 aliphatic carbocycles. The number of aryl methyl sites for hydroxylation is 1. The largest absolute Gasteiger partial charge is 0.465 e. The molecule has 0 saturated heterocycles. The average molecular weight is 470 g/mol. The van der Waals surface area contributed by atoms with Crippen LogP contribution >= 0.6 is 0 Å². The number of hydrogen-bond donors (Lipinski definition) is 3. The number of H-pyrrole nitrogens is 1. The summed E-state index contributed by atoms with van der Waals surface area (Å²) in [4.78, 5) is 29.4. The first-order valence-corrected chi connectivity index (χ1v) is 11.7. The van der Waals surface area contributed by atoms with Gasteiger partial charge in [0.05, 0.1) is 6.26 Å². The minimum Gasteiger partial charge on any atom is -0.465 e. The molecule has 6 nitrogen and oxygen atoms in total. The van der Waals surface area contributed by atoms with Crippen LogP contribution in [-0.4, -0.2) is 23.3 Å². The van der Waals surface area contributed by atoms with E-state index in [1.807, 2.05) is 37.3 Å². The number of amides is 2. The van der Waals surface area contributed by atoms with Gasteiger partial charge in [0, 0.05) is 34.8 Å². The Balaban J connectivity index is 1.47. The van der Waals surface area contributed by atoms with E-state index >= 15 is 0 Å². The van der Waals surface area contributed by atoms with Crippen LogP contribution in [0, 0.1) is 6.92 Å². The van der Waals surface area contributed by atoms with Crippen LogP contribution < -0.4 is 10.6 Å². The molecular weight excluding hydrogens is 438 g/mol. The van der Waals surface area contributed by atoms with Gasteiger partial charge in [-0.3, -0.25) is 9.59 Å². The summed E-state index contributed by atoms with van der Waals surface area (Å²) in [5.74, 6) is -0.254. The van der Waals surface area contributed by atoms with Crippen molar-refractivity contribution in [3.63, 3.8) is 0 Å². The average Bonchev–Trinajstić information content (AvgIpc) is 3.45. The quantitative estimate of drug-likeness (QED) is 0.313. The Morgan fingerprint density at radius 3 is 2.43 bits per heavy atom. The minimum absolute atomic E-state index is 0.0115. The van der Waals surface area contributed by atoms with Crippen LogP contribution in [0.1, 0.15) is 53.7 Å². The van der Waals surface area contributed by atoms with Gasteiger partial charge >= 0.3 is 0 Å². The number of aromatic nitrogens is 1. The normalized spacial score (nSPS) is 12.1. The summed E-state index contributed by atoms with van der Waals surface area (Å²) in [5.41, 5.74) is 5.05. The molecule has 6 heteroatoms. The number of aromatic amines is 1. The van der Waals surface area contributed by atoms with Crippen molar-refractivity contribution in [2.75, 3.05) is 6.54 Å². The Kier molecular flexibility index (Phi) is 6.92. The van der Waals surface area contributed by atoms with Gasteiger partial charge < -0.3 is 20.0 Å². The van der Waals surface area contributed by atoms with Gasteiger partial charge in [0.2, 0.25) is 0 Å². The molecule has 0 saturated carbocycles. The zero-order valence-electron chi connectivity index (χ0n) is 20.6. The Morgan fingerprint density at radius 2 is 1.74 bits per heavy atom. The smallest absolute Gasteiger partial charge is 0.267 e. The van der Waals surface area contributed by atoms with Gasteiger partial charge in [-0.1, -0.05) is 51.1 Å². The number of hydrogen-bond acceptors (Lipinski definition) is 3. The highest BCUT2D eigenvalue weighted by molar-refractivity contribution is 6.05. The molecule has 2 aromatic carbocycles. The van der Waals surface area contributed by atoms with Crippen LogP contribution in [0.15, 0.2) is 77.0 Å². The number of carbonyl (C=O) groups is 2. The molecule has 0 bridgehead atoms. The van der Waals surface area contributed by atoms with Crippen LogP contribution in [0.2, 0.25) is 0 Å². The van der Waals surface area contributed by atoms with Gasteiger partial charge in [-0.2, -0.15) is 0 Å². The fourth-order valence-corrected chi connectivity index (χ4v) is 4.04. The van der Waals surface area contributed by atoms with E-state index in [4.69, 9.17) is 4.42 Å². The van der Waals surface area contributed by atoms with Crippen LogP contribution in [0.4, 0.5) is 0 Å². The molecule has 0 spiro atoms. The molecule has 0 radical (unpaired) electrons. The molecule has 2 heterocycles. The lowest BCUT2D eigenvalue weighted by Crippen LogP contribution is -2.35. The fraction of sp³-hybridized carbons (Fsp3) is 0.241. The highest BCUT2D eigenvalue weighted by Crippen LogP contribution is 2.23. The Morgan fingerprint density at radius 1 is 1.00 bits per heavy atom. The summed E-state index contributed by atoms with van der Waals surface area (Å²) in [6.45, 7) is 8.81. The van der Waals surface area contributed by atoms with Gasteiger partial charge in [-0.05, 0) is 60.2 Å². The summed E-state index contributed by atoms with van der Waals surface area (Å²) in [5, 5.41) is 6.84. The van der Waals surface area contributed by atoms with Crippen LogP contribution in [0.3, 0.4) is 0 Å². The minimum atomic E-state index is -0.376. The van der Waals surface area contributed by atoms with Gasteiger partial charge in [0.25, 0.3) is 11.8 Å². The van der Waals surface area contributed by atoms with Crippen molar-refractivity contribution in [2.45, 2.75) is 39.5 Å². The predicted octanol–water partition coefficient (Wildman–Crippen LogP) is 5.50. The molecule has 4 rings (SSSR count). The van der Waals surface area contributed by atoms with E-state index in [0.717, 1.165) is 22.2 Å². The molecule has 2 aromatic heterocycles. The monoisotopic (exact) mass is 469 g/mol. The van der Waals surface area contributed by atoms with E-state index in [9.17, 15) is 9.59 Å². The van der Waals surface area contributed by atoms with Gasteiger partial charge in [-0.15, -0.1) is 0 Å². The highest BCUT2D eigenvalue weighted by atomic mass is 16.3. The second-order valence-electron chi connectivity index (χ2n) is 9.63. The van der Waals surface area contributed by atoms with Crippen LogP contribution in [0.5, 0.6) is 0 Å². The van der Waals surface area contributed by atoms with Crippen LogP contribution in [-0.2, 0) is 16.6 Å². The third-order valence-electron chi connectivity index (χ3n) is 6.02. The number of rotatable bonds is 7. The molecule has 4 aromatic rings. The zero-order chi connectivity index (χ0) is 25.0. The topological polar surface area (TPSA) is 87.1 Å². The van der Waals surface area contributed by atoms with Crippen molar-refractivity contribution in [3.8, 4) is 0 Å². The molecule has 2 amide bonds. The number of para-hydroxylation sites is 1. The van der Waals surface area contributed by atoms with Gasteiger partial charge in [0.1, 0.15) is 11.5 Å². The first-order chi connectivity index (χ1) is 16.7. The Hall–Kier alpha value is -4.06. The number of carbonyl (C=O) groups excluding carboxylic acids is 2. The first-order valence-electron chi connectivity index (χ1n) is 11.7. The van der Waals surface area contributed by atoms with Crippen molar-refractivity contribution >= 4 is 28.8 Å². The zero-order valence-corrected chi connectivity index (χ0v) is 20.6. The van der Waals surface area contributed by atoms with E-state index in [0.29, 0.717) is 24.3 Å². The lowest BCUT2D eigenvalue weighted by molar-refractivity contribution is -0.117. The molecule has 0 unspecified atom stereocenters. The molecule has 0 atom stereocenters. The highest BCUT2D eigenvalue weighted by Gasteiger charge is 2.18. The molecule has 180 valence electrons. The summed E-state index contributed by atoms with van der Waals surface area (Å²) in [6.07, 6.45) is 3.72. The molecule has 0 aliphatic heterocycles. The van der Waals surface area contributed by atoms with E-state index < -0.39 is 0 Å². The second-order valence-corrected chi connectivity index (χ2v) is 9.63. The molecule has 0 aliphatic rings. The standard InChI is InChI=1S/C29H31N3O3/c1-19-23(24-9-5-6-10-25(24)31-19)15-16-30-28(34)26(18-22-8-7-17-35-22)32-27(33)20-11-13-21(14-12-20)29(2,3)4/h5-14,17-18,31H,15-16H2,1-4H3,(H,30,34)(H,32,33). The van der Waals surface area contributed by atoms with Gasteiger partial charge in [0.15, 0.2) is 0 Å². The van der Waals surface area contributed by atoms with E-state index in [-0.39, 0.29) is 22.9 Å². The lowest BCUT2D eigenvalue weighted by atomic mass is 9.87. The van der Waals surface area contributed by atoms with Crippen molar-refractivity contribution in [3.05, 3.63) is 101 Å². The summed E-state index contributed by atoms with van der Waals surface area (Å²) >= 11 is 0. The van der Waals surface area contributed by atoms with Crippen molar-refractivity contribution < 1.29 is 14.0 Å². The maximum absolute atomic E-state index is 13.1. The third-order valence-corrected chi connectivity index (χ3v) is 6.02. The summed E-state index contributed by atoms with van der Waals surface area (Å²) in [7, 11) is 0. The molecule has 35 heavy (non-hydrogen) atoms. The number of nitrogens with one attached hydrogen (secondary N) is 3. The van der Waals surface area contributed by atoms with E-state index in [1.165, 1.54) is 17.9 Å². The van der Waals surface area contributed by atoms with Crippen LogP contribution in [0.25, 0.3) is 17.0 Å². The number of fused-ring (bicyclic) bond motifs is 1. The van der Waals surface area contributed by atoms with Gasteiger partial charge in [-0.25, -0.2) is 0 Å². The maximum atomic E-state index is 13.1. The number of furan rings is 1. The van der Waals surface area contributed by atoms with E-state index in [2.05, 4.69) is 42.5 Å².